The van der Waals surface area contributed by atoms with Gasteiger partial charge in [0.15, 0.2) is 0 Å². The number of fused-ring (bicyclic) bond motifs is 3. The maximum Gasteiger partial charge on any atom is 0.356 e. The molecule has 0 radical (unpaired) electrons. The van der Waals surface area contributed by atoms with Gasteiger partial charge in [-0.1, -0.05) is 42.5 Å². The highest BCUT2D eigenvalue weighted by molar-refractivity contribution is 6.21. The maximum absolute atomic E-state index is 13.6. The normalized spacial score (nSPS) is 16.4. The number of rotatable bonds is 7. The van der Waals surface area contributed by atoms with E-state index in [-0.39, 0.29) is 48.2 Å². The highest BCUT2D eigenvalue weighted by atomic mass is 16.5. The van der Waals surface area contributed by atoms with E-state index in [1.54, 1.807) is 42.5 Å². The number of carbonyl (C=O) groups is 4. The van der Waals surface area contributed by atoms with Crippen LogP contribution in [0.1, 0.15) is 42.3 Å². The van der Waals surface area contributed by atoms with E-state index in [0.717, 1.165) is 11.1 Å². The zero-order valence-electron chi connectivity index (χ0n) is 22.6. The molecular weight excluding hydrogens is 524 g/mol. The molecule has 208 valence electrons. The molecule has 0 spiro atoms. The molecule has 1 atom stereocenters. The van der Waals surface area contributed by atoms with E-state index in [1.165, 1.54) is 19.1 Å². The number of amides is 3. The Morgan fingerprint density at radius 1 is 0.927 bits per heavy atom. The number of benzene rings is 3. The molecular formula is C31H28N4O6. The van der Waals surface area contributed by atoms with E-state index in [1.807, 2.05) is 29.2 Å². The molecule has 0 fully saturated rings. The van der Waals surface area contributed by atoms with Gasteiger partial charge < -0.3 is 19.8 Å². The van der Waals surface area contributed by atoms with Crippen LogP contribution in [-0.4, -0.2) is 71.8 Å². The number of hydrogen-bond donors (Lipinski definition) is 2. The fraction of sp³-hybridized carbons (Fsp3) is 0.226. The predicted octanol–water partition coefficient (Wildman–Crippen LogP) is 3.62. The minimum absolute atomic E-state index is 0.0371. The van der Waals surface area contributed by atoms with Gasteiger partial charge in [-0.2, -0.15) is 0 Å². The van der Waals surface area contributed by atoms with Crippen LogP contribution in [0, 0.1) is 0 Å². The number of aromatic amines is 1. The Balaban J connectivity index is 1.29. The average molecular weight is 553 g/mol. The summed E-state index contributed by atoms with van der Waals surface area (Å²) < 4.78 is 10.4. The Kier molecular flexibility index (Phi) is 6.76. The molecule has 10 heteroatoms. The Labute approximate surface area is 235 Å². The number of H-pyrrole nitrogens is 1. The quantitative estimate of drug-likeness (QED) is 0.265. The average Bonchev–Trinajstić information content (AvgIpc) is 3.47. The van der Waals surface area contributed by atoms with Crippen molar-refractivity contribution in [3.63, 3.8) is 0 Å². The van der Waals surface area contributed by atoms with Crippen molar-refractivity contribution >= 4 is 40.3 Å². The molecule has 1 unspecified atom stereocenters. The number of methoxy groups -OCH3 is 2. The number of ether oxygens (including phenoxy) is 2. The van der Waals surface area contributed by atoms with E-state index in [4.69, 9.17) is 9.47 Å². The molecule has 3 heterocycles. The van der Waals surface area contributed by atoms with E-state index >= 15 is 0 Å². The van der Waals surface area contributed by atoms with Gasteiger partial charge in [-0.15, -0.1) is 0 Å². The van der Waals surface area contributed by atoms with Gasteiger partial charge in [0.05, 0.1) is 48.5 Å². The van der Waals surface area contributed by atoms with Crippen molar-refractivity contribution in [3.8, 4) is 5.75 Å². The van der Waals surface area contributed by atoms with Gasteiger partial charge in [0.1, 0.15) is 11.4 Å². The molecule has 41 heavy (non-hydrogen) atoms. The minimum atomic E-state index is -0.631. The summed E-state index contributed by atoms with van der Waals surface area (Å²) >= 11 is 0. The summed E-state index contributed by atoms with van der Waals surface area (Å²) in [5, 5.41) is 3.45. The first-order chi connectivity index (χ1) is 19.9. The van der Waals surface area contributed by atoms with E-state index in [0.29, 0.717) is 40.7 Å². The molecule has 2 aliphatic rings. The molecule has 0 saturated carbocycles. The molecule has 2 aliphatic heterocycles. The predicted molar refractivity (Wildman–Crippen MR) is 151 cm³/mol. The number of carbonyl (C=O) groups excluding carboxylic acids is 4. The second-order valence-electron chi connectivity index (χ2n) is 10.1. The highest BCUT2D eigenvalue weighted by Gasteiger charge is 2.39. The largest absolute Gasteiger partial charge is 0.496 e. The smallest absolute Gasteiger partial charge is 0.356 e. The molecule has 0 saturated heterocycles. The van der Waals surface area contributed by atoms with Crippen LogP contribution in [0.15, 0.2) is 66.7 Å². The third-order valence-electron chi connectivity index (χ3n) is 7.74. The van der Waals surface area contributed by atoms with Crippen molar-refractivity contribution in [1.29, 1.82) is 0 Å². The molecule has 3 aromatic carbocycles. The minimum Gasteiger partial charge on any atom is -0.496 e. The topological polar surface area (TPSA) is 121 Å². The van der Waals surface area contributed by atoms with Crippen molar-refractivity contribution in [3.05, 3.63) is 94.7 Å². The lowest BCUT2D eigenvalue weighted by Crippen LogP contribution is -2.51. The van der Waals surface area contributed by atoms with Crippen molar-refractivity contribution < 1.29 is 28.7 Å². The first-order valence-corrected chi connectivity index (χ1v) is 13.2. The van der Waals surface area contributed by atoms with Gasteiger partial charge >= 0.3 is 5.97 Å². The summed E-state index contributed by atoms with van der Waals surface area (Å²) in [6.07, 6.45) is 0.561. The standard InChI is InChI=1S/C31H28N4O6/c1-40-24-13-7-12-23-26(24)27(28(32-23)31(39)41-2)33-25(36)17-34-15-19-9-4-3-8-18(19)14-20(34)16-35-29(37)21-10-5-6-11-22(21)30(35)38/h3-13,20,32H,14-17H2,1-2H3,(H,33,36). The third-order valence-corrected chi connectivity index (χ3v) is 7.74. The first-order valence-electron chi connectivity index (χ1n) is 13.2. The monoisotopic (exact) mass is 552 g/mol. The SMILES string of the molecule is COC(=O)c1[nH]c2cccc(OC)c2c1NC(=O)CN1Cc2ccccc2CC1CN1C(=O)c2ccccc2C1=O. The number of nitrogens with one attached hydrogen (secondary N) is 2. The summed E-state index contributed by atoms with van der Waals surface area (Å²) in [5.41, 5.74) is 3.94. The van der Waals surface area contributed by atoms with Crippen LogP contribution in [0.5, 0.6) is 5.75 Å². The zero-order chi connectivity index (χ0) is 28.7. The zero-order valence-corrected chi connectivity index (χ0v) is 22.6. The Bertz CT molecular complexity index is 1680. The van der Waals surface area contributed by atoms with Gasteiger partial charge in [0, 0.05) is 19.1 Å². The molecule has 2 N–H and O–H groups in total. The maximum atomic E-state index is 13.6. The third kappa shape index (κ3) is 4.62. The van der Waals surface area contributed by atoms with Crippen molar-refractivity contribution in [2.24, 2.45) is 0 Å². The Hall–Kier alpha value is -4.96. The van der Waals surface area contributed by atoms with Crippen LogP contribution in [0.4, 0.5) is 5.69 Å². The fourth-order valence-corrected chi connectivity index (χ4v) is 5.75. The van der Waals surface area contributed by atoms with Gasteiger partial charge in [0.2, 0.25) is 5.91 Å². The Morgan fingerprint density at radius 3 is 2.29 bits per heavy atom. The van der Waals surface area contributed by atoms with Gasteiger partial charge in [-0.3, -0.25) is 24.2 Å². The molecule has 3 amide bonds. The number of esters is 1. The second kappa shape index (κ2) is 10.5. The van der Waals surface area contributed by atoms with Crippen molar-refractivity contribution in [2.45, 2.75) is 19.0 Å². The second-order valence-corrected chi connectivity index (χ2v) is 10.1. The summed E-state index contributed by atoms with van der Waals surface area (Å²) in [4.78, 5) is 58.7. The molecule has 0 bridgehead atoms. The van der Waals surface area contributed by atoms with Gasteiger partial charge in [-0.25, -0.2) is 4.79 Å². The summed E-state index contributed by atoms with van der Waals surface area (Å²) in [6, 6.07) is 19.7. The van der Waals surface area contributed by atoms with Gasteiger partial charge in [0.25, 0.3) is 11.8 Å². The van der Waals surface area contributed by atoms with Crippen LogP contribution in [0.2, 0.25) is 0 Å². The lowest BCUT2D eigenvalue weighted by Gasteiger charge is -2.38. The van der Waals surface area contributed by atoms with Crippen LogP contribution in [0.25, 0.3) is 10.9 Å². The number of nitrogens with zero attached hydrogens (tertiary/aromatic N) is 2. The number of aromatic nitrogens is 1. The molecule has 6 rings (SSSR count). The van der Waals surface area contributed by atoms with Crippen molar-refractivity contribution in [2.75, 3.05) is 32.6 Å². The van der Waals surface area contributed by atoms with Crippen molar-refractivity contribution in [1.82, 2.24) is 14.8 Å². The summed E-state index contributed by atoms with van der Waals surface area (Å²) in [5.74, 6) is -1.17. The fourth-order valence-electron chi connectivity index (χ4n) is 5.75. The lowest BCUT2D eigenvalue weighted by molar-refractivity contribution is -0.118. The number of anilines is 1. The molecule has 1 aromatic heterocycles. The van der Waals surface area contributed by atoms with Crippen LogP contribution < -0.4 is 10.1 Å². The summed E-state index contributed by atoms with van der Waals surface area (Å²) in [7, 11) is 2.78. The lowest BCUT2D eigenvalue weighted by atomic mass is 9.93. The van der Waals surface area contributed by atoms with Gasteiger partial charge in [-0.05, 0) is 41.8 Å². The molecule has 4 aromatic rings. The first kappa shape index (κ1) is 26.3. The van der Waals surface area contributed by atoms with E-state index in [2.05, 4.69) is 10.3 Å². The Morgan fingerprint density at radius 2 is 1.61 bits per heavy atom. The van der Waals surface area contributed by atoms with Crippen LogP contribution in [0.3, 0.4) is 0 Å². The summed E-state index contributed by atoms with van der Waals surface area (Å²) in [6.45, 7) is 0.561. The number of hydrogen-bond acceptors (Lipinski definition) is 7. The molecule has 10 nitrogen and oxygen atoms in total. The molecule has 0 aliphatic carbocycles. The number of imide groups is 1. The van der Waals surface area contributed by atoms with E-state index < -0.39 is 5.97 Å². The van der Waals surface area contributed by atoms with E-state index in [9.17, 15) is 19.2 Å². The van der Waals surface area contributed by atoms with Crippen LogP contribution in [-0.2, 0) is 22.5 Å². The van der Waals surface area contributed by atoms with Crippen LogP contribution >= 0.6 is 0 Å². The highest BCUT2D eigenvalue weighted by Crippen LogP contribution is 2.36.